The summed E-state index contributed by atoms with van der Waals surface area (Å²) in [5.41, 5.74) is 1.61. The highest BCUT2D eigenvalue weighted by molar-refractivity contribution is 6.50. The zero-order valence-electron chi connectivity index (χ0n) is 12.0. The minimum Gasteiger partial charge on any atom is -0.508 e. The fraction of sp³-hybridized carbons (Fsp3) is 0.125. The maximum absolute atomic E-state index is 12.1. The smallest absolute Gasteiger partial charge is 0.208 e. The summed E-state index contributed by atoms with van der Waals surface area (Å²) >= 11 is 0. The van der Waals surface area contributed by atoms with Gasteiger partial charge in [-0.3, -0.25) is 4.79 Å². The van der Waals surface area contributed by atoms with Crippen molar-refractivity contribution < 1.29 is 9.90 Å². The van der Waals surface area contributed by atoms with Crippen LogP contribution >= 0.6 is 0 Å². The molecule has 1 heterocycles. The molecule has 0 bridgehead atoms. The molecule has 1 N–H and O–H groups in total. The molecule has 0 amide bonds. The number of carbonyl (C=O) groups is 1. The summed E-state index contributed by atoms with van der Waals surface area (Å²) in [5.74, 6) is -0.0276. The van der Waals surface area contributed by atoms with Crippen LogP contribution in [0.2, 0.25) is 0 Å². The third-order valence-electron chi connectivity index (χ3n) is 2.80. The third kappa shape index (κ3) is 3.60. The molecule has 0 spiro atoms. The second kappa shape index (κ2) is 6.09. The van der Waals surface area contributed by atoms with Crippen molar-refractivity contribution in [3.05, 3.63) is 61.0 Å². The number of hydrogen-bond acceptors (Lipinski definition) is 5. The topological polar surface area (TPSA) is 56.1 Å². The molecule has 1 aliphatic rings. The summed E-state index contributed by atoms with van der Waals surface area (Å²) in [6.07, 6.45) is 6.58. The highest BCUT2D eigenvalue weighted by Crippen LogP contribution is 2.22. The van der Waals surface area contributed by atoms with E-state index in [2.05, 4.69) is 11.7 Å². The second-order valence-electron chi connectivity index (χ2n) is 4.79. The number of rotatable bonds is 4. The van der Waals surface area contributed by atoms with E-state index in [1.54, 1.807) is 52.7 Å². The highest BCUT2D eigenvalue weighted by Gasteiger charge is 2.17. The third-order valence-corrected chi connectivity index (χ3v) is 2.80. The van der Waals surface area contributed by atoms with E-state index in [4.69, 9.17) is 0 Å². The molecule has 21 heavy (non-hydrogen) atoms. The van der Waals surface area contributed by atoms with E-state index in [0.717, 1.165) is 5.69 Å². The van der Waals surface area contributed by atoms with E-state index in [0.29, 0.717) is 11.3 Å². The first-order valence-corrected chi connectivity index (χ1v) is 6.40. The van der Waals surface area contributed by atoms with Crippen LogP contribution in [-0.4, -0.2) is 35.6 Å². The number of nitrogens with zero attached hydrogens (tertiary/aromatic N) is 3. The molecule has 0 aromatic heterocycles. The number of anilines is 1. The molecule has 0 saturated carbocycles. The number of carbonyl (C=O) groups excluding carboxylic acids is 1. The van der Waals surface area contributed by atoms with Crippen molar-refractivity contribution in [3.8, 4) is 5.75 Å². The van der Waals surface area contributed by atoms with Gasteiger partial charge in [0.1, 0.15) is 11.5 Å². The van der Waals surface area contributed by atoms with Gasteiger partial charge in [0.05, 0.1) is 5.69 Å². The number of hydrogen-bond donors (Lipinski definition) is 1. The zero-order valence-corrected chi connectivity index (χ0v) is 12.0. The molecule has 0 aliphatic carbocycles. The first-order chi connectivity index (χ1) is 9.97. The molecule has 1 aromatic rings. The Kier molecular flexibility index (Phi) is 4.23. The van der Waals surface area contributed by atoms with E-state index in [1.165, 1.54) is 6.08 Å². The maximum Gasteiger partial charge on any atom is 0.208 e. The Balaban J connectivity index is 2.26. The zero-order chi connectivity index (χ0) is 15.4. The van der Waals surface area contributed by atoms with Crippen LogP contribution in [0.1, 0.15) is 0 Å². The standard InChI is InChI=1S/C16H17N3O2/c1-12-8-11-19(13-4-6-14(20)7-5-13)17-16(12)15(21)9-10-18(2)3/h4-11,20H,1H2,2-3H3/b10-9+. The number of aromatic hydroxyl groups is 1. The summed E-state index contributed by atoms with van der Waals surface area (Å²) in [5, 5.41) is 15.2. The van der Waals surface area contributed by atoms with Crippen LogP contribution in [0.15, 0.2) is 66.1 Å². The summed E-state index contributed by atoms with van der Waals surface area (Å²) in [4.78, 5) is 13.9. The number of phenols is 1. The molecular weight excluding hydrogens is 266 g/mol. The first-order valence-electron chi connectivity index (χ1n) is 6.40. The van der Waals surface area contributed by atoms with Gasteiger partial charge < -0.3 is 10.0 Å². The molecule has 0 fully saturated rings. The highest BCUT2D eigenvalue weighted by atomic mass is 16.3. The monoisotopic (exact) mass is 283 g/mol. The lowest BCUT2D eigenvalue weighted by Gasteiger charge is -2.20. The van der Waals surface area contributed by atoms with Gasteiger partial charge >= 0.3 is 0 Å². The first kappa shape index (κ1) is 14.6. The quantitative estimate of drug-likeness (QED) is 0.861. The lowest BCUT2D eigenvalue weighted by Crippen LogP contribution is -2.23. The Morgan fingerprint density at radius 3 is 2.62 bits per heavy atom. The van der Waals surface area contributed by atoms with E-state index < -0.39 is 0 Å². The van der Waals surface area contributed by atoms with Crippen LogP contribution in [-0.2, 0) is 4.79 Å². The molecule has 0 atom stereocenters. The average Bonchev–Trinajstić information content (AvgIpc) is 2.46. The van der Waals surface area contributed by atoms with Crippen LogP contribution in [0.25, 0.3) is 0 Å². The Bertz CT molecular complexity index is 640. The molecule has 108 valence electrons. The minimum absolute atomic E-state index is 0.179. The molecule has 0 unspecified atom stereocenters. The van der Waals surface area contributed by atoms with E-state index in [-0.39, 0.29) is 11.5 Å². The van der Waals surface area contributed by atoms with Gasteiger partial charge in [-0.2, -0.15) is 5.10 Å². The number of allylic oxidation sites excluding steroid dienone is 3. The molecule has 1 aromatic carbocycles. The number of hydrazone groups is 1. The summed E-state index contributed by atoms with van der Waals surface area (Å²) < 4.78 is 0. The summed E-state index contributed by atoms with van der Waals surface area (Å²) in [6.45, 7) is 3.83. The molecule has 5 nitrogen and oxygen atoms in total. The molecule has 2 rings (SSSR count). The van der Waals surface area contributed by atoms with Crippen LogP contribution in [0.4, 0.5) is 5.69 Å². The largest absolute Gasteiger partial charge is 0.508 e. The van der Waals surface area contributed by atoms with Gasteiger partial charge in [0.15, 0.2) is 0 Å². The van der Waals surface area contributed by atoms with Crippen LogP contribution < -0.4 is 5.01 Å². The SMILES string of the molecule is C=C1C=CN(c2ccc(O)cc2)N=C1C(=O)/C=C/N(C)C. The van der Waals surface area contributed by atoms with Crippen molar-refractivity contribution in [2.24, 2.45) is 5.10 Å². The van der Waals surface area contributed by atoms with Crippen molar-refractivity contribution in [1.82, 2.24) is 4.90 Å². The minimum atomic E-state index is -0.207. The Hall–Kier alpha value is -2.82. The summed E-state index contributed by atoms with van der Waals surface area (Å²) in [6, 6.07) is 6.56. The van der Waals surface area contributed by atoms with E-state index in [9.17, 15) is 9.90 Å². The van der Waals surface area contributed by atoms with Crippen molar-refractivity contribution in [1.29, 1.82) is 0 Å². The average molecular weight is 283 g/mol. The molecule has 0 saturated heterocycles. The van der Waals surface area contributed by atoms with E-state index >= 15 is 0 Å². The Labute approximate surface area is 123 Å². The van der Waals surface area contributed by atoms with Gasteiger partial charge in [-0.25, -0.2) is 5.01 Å². The predicted molar refractivity (Wildman–Crippen MR) is 84.1 cm³/mol. The van der Waals surface area contributed by atoms with Crippen LogP contribution in [0.3, 0.4) is 0 Å². The molecule has 1 aliphatic heterocycles. The van der Waals surface area contributed by atoms with Gasteiger partial charge in [-0.1, -0.05) is 6.58 Å². The fourth-order valence-electron chi connectivity index (χ4n) is 1.70. The van der Waals surface area contributed by atoms with Crippen molar-refractivity contribution >= 4 is 17.2 Å². The van der Waals surface area contributed by atoms with Gasteiger partial charge in [0.25, 0.3) is 0 Å². The van der Waals surface area contributed by atoms with Crippen molar-refractivity contribution in [2.45, 2.75) is 0 Å². The van der Waals surface area contributed by atoms with Gasteiger partial charge in [-0.05, 0) is 30.3 Å². The summed E-state index contributed by atoms with van der Waals surface area (Å²) in [7, 11) is 3.67. The molecule has 5 heteroatoms. The predicted octanol–water partition coefficient (Wildman–Crippen LogP) is 2.28. The van der Waals surface area contributed by atoms with Crippen molar-refractivity contribution in [2.75, 3.05) is 19.1 Å². The van der Waals surface area contributed by atoms with Crippen molar-refractivity contribution in [3.63, 3.8) is 0 Å². The second-order valence-corrected chi connectivity index (χ2v) is 4.79. The Morgan fingerprint density at radius 1 is 1.33 bits per heavy atom. The van der Waals surface area contributed by atoms with Gasteiger partial charge in [0, 0.05) is 38.1 Å². The lowest BCUT2D eigenvalue weighted by molar-refractivity contribution is -0.108. The number of phenolic OH excluding ortho intramolecular Hbond substituents is 1. The van der Waals surface area contributed by atoms with Crippen LogP contribution in [0, 0.1) is 0 Å². The van der Waals surface area contributed by atoms with Gasteiger partial charge in [0.2, 0.25) is 5.78 Å². The lowest BCUT2D eigenvalue weighted by atomic mass is 10.1. The molecule has 0 radical (unpaired) electrons. The number of ketones is 1. The Morgan fingerprint density at radius 2 is 2.00 bits per heavy atom. The molecular formula is C16H17N3O2. The fourth-order valence-corrected chi connectivity index (χ4v) is 1.70. The number of benzene rings is 1. The maximum atomic E-state index is 12.1. The van der Waals surface area contributed by atoms with E-state index in [1.807, 2.05) is 14.1 Å². The van der Waals surface area contributed by atoms with Crippen LogP contribution in [0.5, 0.6) is 5.75 Å². The van der Waals surface area contributed by atoms with Gasteiger partial charge in [-0.15, -0.1) is 0 Å². The normalized spacial score (nSPS) is 14.5.